The average Bonchev–Trinajstić information content (AvgIpc) is 3.14. The Hall–Kier alpha value is -0.720. The van der Waals surface area contributed by atoms with Crippen LogP contribution in [0.4, 0.5) is 0 Å². The summed E-state index contributed by atoms with van der Waals surface area (Å²) >= 11 is 0. The predicted octanol–water partition coefficient (Wildman–Crippen LogP) is 0.130. The van der Waals surface area contributed by atoms with Crippen LogP contribution in [-0.4, -0.2) is 62.1 Å². The van der Waals surface area contributed by atoms with E-state index in [9.17, 15) is 0 Å². The van der Waals surface area contributed by atoms with Crippen LogP contribution in [0.25, 0.3) is 0 Å². The fourth-order valence-electron chi connectivity index (χ4n) is 0.787. The zero-order valence-corrected chi connectivity index (χ0v) is 10.1. The Balaban J connectivity index is 0.000000302. The number of aliphatic hydroxyl groups is 2. The zero-order chi connectivity index (χ0) is 12.9. The molecule has 1 fully saturated rings. The molecule has 0 aromatic heterocycles. The van der Waals surface area contributed by atoms with Gasteiger partial charge in [0.15, 0.2) is 0 Å². The Morgan fingerprint density at radius 3 is 2.35 bits per heavy atom. The molecule has 1 heterocycles. The van der Waals surface area contributed by atoms with Gasteiger partial charge in [0, 0.05) is 0 Å². The predicted molar refractivity (Wildman–Crippen MR) is 64.9 cm³/mol. The summed E-state index contributed by atoms with van der Waals surface area (Å²) in [7, 11) is 0. The summed E-state index contributed by atoms with van der Waals surface area (Å²) in [5, 5.41) is 17.0. The molecule has 1 aliphatic heterocycles. The van der Waals surface area contributed by atoms with Gasteiger partial charge in [-0.1, -0.05) is 12.2 Å². The number of hydrogen-bond donors (Lipinski definition) is 2. The topological polar surface area (TPSA) is 71.5 Å². The molecule has 1 aliphatic rings. The van der Waals surface area contributed by atoms with Crippen LogP contribution in [0.1, 0.15) is 0 Å². The molecule has 1 rings (SSSR count). The third-order valence-electron chi connectivity index (χ3n) is 1.70. The number of epoxide rings is 1. The second-order valence-corrected chi connectivity index (χ2v) is 3.44. The fraction of sp³-hybridized carbons (Fsp3) is 0.667. The van der Waals surface area contributed by atoms with Crippen molar-refractivity contribution in [2.45, 2.75) is 12.2 Å². The molecule has 2 atom stereocenters. The van der Waals surface area contributed by atoms with Crippen molar-refractivity contribution in [3.8, 4) is 0 Å². The van der Waals surface area contributed by atoms with Crippen LogP contribution in [0.3, 0.4) is 0 Å². The van der Waals surface area contributed by atoms with Crippen LogP contribution >= 0.6 is 0 Å². The van der Waals surface area contributed by atoms with Gasteiger partial charge in [-0.15, -0.1) is 13.2 Å². The molecule has 0 amide bonds. The van der Waals surface area contributed by atoms with E-state index >= 15 is 0 Å². The molecule has 0 spiro atoms. The zero-order valence-electron chi connectivity index (χ0n) is 10.1. The second-order valence-electron chi connectivity index (χ2n) is 3.44. The van der Waals surface area contributed by atoms with Crippen molar-refractivity contribution in [3.63, 3.8) is 0 Å². The largest absolute Gasteiger partial charge is 0.394 e. The van der Waals surface area contributed by atoms with Crippen LogP contribution < -0.4 is 0 Å². The van der Waals surface area contributed by atoms with E-state index in [-0.39, 0.29) is 13.2 Å². The van der Waals surface area contributed by atoms with Crippen LogP contribution in [0.15, 0.2) is 25.3 Å². The van der Waals surface area contributed by atoms with Gasteiger partial charge in [-0.3, -0.25) is 0 Å². The smallest absolute Gasteiger partial charge is 0.104 e. The Kier molecular flexibility index (Phi) is 11.3. The lowest BCUT2D eigenvalue weighted by molar-refractivity contribution is 0.0150. The molecular formula is C12H22O5. The van der Waals surface area contributed by atoms with Crippen molar-refractivity contribution < 1.29 is 24.4 Å². The van der Waals surface area contributed by atoms with E-state index in [1.165, 1.54) is 0 Å². The molecule has 5 nitrogen and oxygen atoms in total. The lowest BCUT2D eigenvalue weighted by Gasteiger charge is -2.04. The van der Waals surface area contributed by atoms with Gasteiger partial charge in [0.2, 0.25) is 0 Å². The standard InChI is InChI=1S/C6H12O3.C6H10O2/c1-2-3-9-5-6(8)4-7;1-2-3-7-4-6-5-8-6/h2,6-8H,1,3-5H2;2,6H,1,3-5H2. The summed E-state index contributed by atoms with van der Waals surface area (Å²) in [4.78, 5) is 0. The van der Waals surface area contributed by atoms with Gasteiger partial charge in [-0.25, -0.2) is 0 Å². The first kappa shape index (κ1) is 16.3. The first-order chi connectivity index (χ1) is 8.24. The van der Waals surface area contributed by atoms with E-state index in [1.807, 2.05) is 0 Å². The summed E-state index contributed by atoms with van der Waals surface area (Å²) in [5.74, 6) is 0. The van der Waals surface area contributed by atoms with E-state index in [0.29, 0.717) is 19.3 Å². The Labute approximate surface area is 102 Å². The number of rotatable bonds is 9. The molecular weight excluding hydrogens is 224 g/mol. The van der Waals surface area contributed by atoms with E-state index in [2.05, 4.69) is 13.2 Å². The third-order valence-corrected chi connectivity index (χ3v) is 1.70. The molecule has 0 saturated carbocycles. The van der Waals surface area contributed by atoms with Gasteiger partial charge in [-0.2, -0.15) is 0 Å². The van der Waals surface area contributed by atoms with Gasteiger partial charge < -0.3 is 24.4 Å². The van der Waals surface area contributed by atoms with Crippen molar-refractivity contribution >= 4 is 0 Å². The molecule has 0 aliphatic carbocycles. The van der Waals surface area contributed by atoms with E-state index in [1.54, 1.807) is 12.2 Å². The van der Waals surface area contributed by atoms with Crippen molar-refractivity contribution in [3.05, 3.63) is 25.3 Å². The average molecular weight is 246 g/mol. The lowest BCUT2D eigenvalue weighted by Crippen LogP contribution is -2.19. The molecule has 2 N–H and O–H groups in total. The molecule has 0 aromatic carbocycles. The highest BCUT2D eigenvalue weighted by Crippen LogP contribution is 2.07. The molecule has 0 aromatic rings. The van der Waals surface area contributed by atoms with E-state index in [0.717, 1.165) is 13.2 Å². The normalized spacial score (nSPS) is 18.8. The molecule has 5 heteroatoms. The molecule has 0 radical (unpaired) electrons. The molecule has 1 saturated heterocycles. The maximum Gasteiger partial charge on any atom is 0.104 e. The quantitative estimate of drug-likeness (QED) is 0.344. The van der Waals surface area contributed by atoms with Gasteiger partial charge in [-0.05, 0) is 0 Å². The minimum Gasteiger partial charge on any atom is -0.394 e. The highest BCUT2D eigenvalue weighted by Gasteiger charge is 2.21. The highest BCUT2D eigenvalue weighted by atomic mass is 16.6. The van der Waals surface area contributed by atoms with E-state index < -0.39 is 6.10 Å². The molecule has 0 bridgehead atoms. The van der Waals surface area contributed by atoms with Crippen molar-refractivity contribution in [2.24, 2.45) is 0 Å². The Morgan fingerprint density at radius 2 is 1.88 bits per heavy atom. The summed E-state index contributed by atoms with van der Waals surface area (Å²) in [6, 6.07) is 0. The van der Waals surface area contributed by atoms with Gasteiger partial charge in [0.25, 0.3) is 0 Å². The van der Waals surface area contributed by atoms with Crippen LogP contribution in [0, 0.1) is 0 Å². The van der Waals surface area contributed by atoms with Gasteiger partial charge in [0.1, 0.15) is 12.2 Å². The maximum absolute atomic E-state index is 8.68. The fourth-order valence-corrected chi connectivity index (χ4v) is 0.787. The molecule has 100 valence electrons. The van der Waals surface area contributed by atoms with Crippen LogP contribution in [-0.2, 0) is 14.2 Å². The Bertz CT molecular complexity index is 191. The summed E-state index contributed by atoms with van der Waals surface area (Å²) in [6.45, 7) is 9.50. The first-order valence-electron chi connectivity index (χ1n) is 5.52. The van der Waals surface area contributed by atoms with Crippen LogP contribution in [0.2, 0.25) is 0 Å². The molecule has 17 heavy (non-hydrogen) atoms. The van der Waals surface area contributed by atoms with Crippen molar-refractivity contribution in [2.75, 3.05) is 39.6 Å². The van der Waals surface area contributed by atoms with Crippen LogP contribution in [0.5, 0.6) is 0 Å². The monoisotopic (exact) mass is 246 g/mol. The number of ether oxygens (including phenoxy) is 3. The molecule has 2 unspecified atom stereocenters. The van der Waals surface area contributed by atoms with Gasteiger partial charge >= 0.3 is 0 Å². The summed E-state index contributed by atoms with van der Waals surface area (Å²) in [5.41, 5.74) is 0. The first-order valence-corrected chi connectivity index (χ1v) is 5.52. The Morgan fingerprint density at radius 1 is 1.29 bits per heavy atom. The number of hydrogen-bond acceptors (Lipinski definition) is 5. The minimum absolute atomic E-state index is 0.169. The summed E-state index contributed by atoms with van der Waals surface area (Å²) < 4.78 is 14.8. The van der Waals surface area contributed by atoms with Crippen molar-refractivity contribution in [1.82, 2.24) is 0 Å². The third kappa shape index (κ3) is 13.2. The minimum atomic E-state index is -0.759. The summed E-state index contributed by atoms with van der Waals surface area (Å²) in [6.07, 6.45) is 2.95. The van der Waals surface area contributed by atoms with E-state index in [4.69, 9.17) is 24.4 Å². The second kappa shape index (κ2) is 11.8. The number of aliphatic hydroxyl groups excluding tert-OH is 2. The van der Waals surface area contributed by atoms with Gasteiger partial charge in [0.05, 0.1) is 39.6 Å². The highest BCUT2D eigenvalue weighted by molar-refractivity contribution is 4.70. The maximum atomic E-state index is 8.68. The SMILES string of the molecule is C=CCOCC(O)CO.C=CCOCC1CO1. The lowest BCUT2D eigenvalue weighted by atomic mass is 10.4. The van der Waals surface area contributed by atoms with Crippen molar-refractivity contribution in [1.29, 1.82) is 0 Å².